The van der Waals surface area contributed by atoms with Gasteiger partial charge >= 0.3 is 0 Å². The van der Waals surface area contributed by atoms with Crippen molar-refractivity contribution in [3.8, 4) is 17.7 Å². The molecular weight excluding hydrogens is 408 g/mol. The highest BCUT2D eigenvalue weighted by Gasteiger charge is 2.18. The second kappa shape index (κ2) is 9.90. The molecular formula is C24H24N4O4. The minimum Gasteiger partial charge on any atom is -0.438 e. The third-order valence-corrected chi connectivity index (χ3v) is 4.70. The van der Waals surface area contributed by atoms with Gasteiger partial charge in [-0.2, -0.15) is 10.2 Å². The van der Waals surface area contributed by atoms with E-state index >= 15 is 0 Å². The van der Waals surface area contributed by atoms with Crippen molar-refractivity contribution in [2.75, 3.05) is 20.3 Å². The number of methoxy groups -OCH3 is 1. The molecule has 2 heterocycles. The van der Waals surface area contributed by atoms with Gasteiger partial charge in [0.25, 0.3) is 11.5 Å². The second-order valence-electron chi connectivity index (χ2n) is 7.36. The summed E-state index contributed by atoms with van der Waals surface area (Å²) in [6.07, 6.45) is 2.80. The molecule has 0 atom stereocenters. The smallest absolute Gasteiger partial charge is 0.269 e. The molecule has 0 radical (unpaired) electrons. The van der Waals surface area contributed by atoms with E-state index in [4.69, 9.17) is 9.47 Å². The van der Waals surface area contributed by atoms with Crippen molar-refractivity contribution in [2.24, 2.45) is 0 Å². The Balaban J connectivity index is 2.17. The van der Waals surface area contributed by atoms with E-state index < -0.39 is 11.5 Å². The summed E-state index contributed by atoms with van der Waals surface area (Å²) in [4.78, 5) is 30.3. The van der Waals surface area contributed by atoms with Crippen molar-refractivity contribution in [2.45, 2.75) is 20.8 Å². The van der Waals surface area contributed by atoms with Crippen LogP contribution >= 0.6 is 0 Å². The lowest BCUT2D eigenvalue weighted by atomic mass is 10.1. The zero-order valence-electron chi connectivity index (χ0n) is 18.4. The Hall–Kier alpha value is -3.96. The molecule has 0 aliphatic heterocycles. The molecule has 0 aliphatic rings. The van der Waals surface area contributed by atoms with Crippen LogP contribution in [0.4, 0.5) is 0 Å². The third kappa shape index (κ3) is 5.02. The van der Waals surface area contributed by atoms with Crippen LogP contribution in [0.3, 0.4) is 0 Å². The first-order chi connectivity index (χ1) is 15.3. The fourth-order valence-electron chi connectivity index (χ4n) is 3.25. The van der Waals surface area contributed by atoms with E-state index in [9.17, 15) is 14.9 Å². The Morgan fingerprint density at radius 3 is 2.62 bits per heavy atom. The number of aromatic nitrogens is 2. The van der Waals surface area contributed by atoms with Crippen LogP contribution in [0.2, 0.25) is 0 Å². The number of nitrogens with one attached hydrogen (secondary N) is 1. The number of carbonyl (C=O) groups is 1. The first kappa shape index (κ1) is 22.7. The molecule has 0 saturated carbocycles. The summed E-state index contributed by atoms with van der Waals surface area (Å²) >= 11 is 0. The van der Waals surface area contributed by atoms with Gasteiger partial charge in [-0.3, -0.25) is 14.0 Å². The summed E-state index contributed by atoms with van der Waals surface area (Å²) in [6, 6.07) is 11.1. The zero-order valence-corrected chi connectivity index (χ0v) is 18.4. The molecule has 1 amide bonds. The summed E-state index contributed by atoms with van der Waals surface area (Å²) < 4.78 is 12.3. The van der Waals surface area contributed by atoms with Gasteiger partial charge in [-0.25, -0.2) is 0 Å². The summed E-state index contributed by atoms with van der Waals surface area (Å²) in [6.45, 7) is 6.23. The maximum atomic E-state index is 13.3. The normalized spacial score (nSPS) is 11.3. The molecule has 0 spiro atoms. The first-order valence-electron chi connectivity index (χ1n) is 10.0. The Kier molecular flexibility index (Phi) is 7.03. The van der Waals surface area contributed by atoms with Crippen molar-refractivity contribution in [1.82, 2.24) is 14.7 Å². The van der Waals surface area contributed by atoms with Crippen LogP contribution in [-0.4, -0.2) is 35.6 Å². The molecule has 32 heavy (non-hydrogen) atoms. The highest BCUT2D eigenvalue weighted by molar-refractivity contribution is 6.01. The molecule has 2 aromatic heterocycles. The fourth-order valence-corrected chi connectivity index (χ4v) is 3.25. The molecule has 0 bridgehead atoms. The number of nitriles is 1. The van der Waals surface area contributed by atoms with Crippen LogP contribution in [0.25, 0.3) is 11.7 Å². The number of hydrogen-bond acceptors (Lipinski definition) is 6. The molecule has 1 N–H and O–H groups in total. The first-order valence-corrected chi connectivity index (χ1v) is 10.0. The monoisotopic (exact) mass is 432 g/mol. The van der Waals surface area contributed by atoms with Crippen LogP contribution in [0.15, 0.2) is 46.9 Å². The highest BCUT2D eigenvalue weighted by atomic mass is 16.5. The van der Waals surface area contributed by atoms with Crippen LogP contribution in [0, 0.1) is 32.1 Å². The van der Waals surface area contributed by atoms with Gasteiger partial charge in [0.15, 0.2) is 0 Å². The van der Waals surface area contributed by atoms with Crippen molar-refractivity contribution in [1.29, 1.82) is 5.26 Å². The molecule has 3 rings (SSSR count). The number of rotatable bonds is 7. The van der Waals surface area contributed by atoms with Crippen molar-refractivity contribution >= 4 is 17.6 Å². The van der Waals surface area contributed by atoms with Crippen molar-refractivity contribution in [3.05, 3.63) is 74.7 Å². The number of hydrogen-bond donors (Lipinski definition) is 1. The van der Waals surface area contributed by atoms with Gasteiger partial charge < -0.3 is 14.8 Å². The highest BCUT2D eigenvalue weighted by Crippen LogP contribution is 2.26. The van der Waals surface area contributed by atoms with E-state index in [2.05, 4.69) is 10.3 Å². The van der Waals surface area contributed by atoms with Crippen LogP contribution < -0.4 is 15.6 Å². The van der Waals surface area contributed by atoms with Gasteiger partial charge in [0.2, 0.25) is 5.88 Å². The number of pyridine rings is 1. The lowest BCUT2D eigenvalue weighted by Crippen LogP contribution is -2.28. The molecule has 0 aliphatic carbocycles. The average molecular weight is 432 g/mol. The number of carbonyl (C=O) groups excluding carboxylic acids is 1. The maximum absolute atomic E-state index is 13.3. The number of nitrogens with zero attached hydrogens (tertiary/aromatic N) is 3. The van der Waals surface area contributed by atoms with E-state index in [0.29, 0.717) is 18.0 Å². The molecule has 8 nitrogen and oxygen atoms in total. The zero-order chi connectivity index (χ0) is 23.3. The van der Waals surface area contributed by atoms with Gasteiger partial charge in [-0.15, -0.1) is 0 Å². The van der Waals surface area contributed by atoms with E-state index in [1.54, 1.807) is 12.3 Å². The number of aryl methyl sites for hydroxylation is 3. The molecule has 3 aromatic rings. The van der Waals surface area contributed by atoms with Crippen LogP contribution in [0.1, 0.15) is 22.3 Å². The Morgan fingerprint density at radius 2 is 1.97 bits per heavy atom. The SMILES string of the molecule is COCCNC(=O)/C(C#N)=C/c1c(Oc2cc(C)cc(C)c2)nc2c(C)cccn2c1=O. The third-order valence-electron chi connectivity index (χ3n) is 4.70. The van der Waals surface area contributed by atoms with Gasteiger partial charge in [0, 0.05) is 19.9 Å². The Morgan fingerprint density at radius 1 is 1.25 bits per heavy atom. The molecule has 0 unspecified atom stereocenters. The van der Waals surface area contributed by atoms with Crippen LogP contribution in [-0.2, 0) is 9.53 Å². The van der Waals surface area contributed by atoms with Gasteiger partial charge in [0.1, 0.15) is 28.6 Å². The van der Waals surface area contributed by atoms with Crippen LogP contribution in [0.5, 0.6) is 11.6 Å². The van der Waals surface area contributed by atoms with Crippen molar-refractivity contribution < 1.29 is 14.3 Å². The summed E-state index contributed by atoms with van der Waals surface area (Å²) in [5, 5.41) is 12.1. The van der Waals surface area contributed by atoms with E-state index in [0.717, 1.165) is 16.7 Å². The van der Waals surface area contributed by atoms with Crippen molar-refractivity contribution in [3.63, 3.8) is 0 Å². The average Bonchev–Trinajstić information content (AvgIpc) is 2.74. The Labute approximate surface area is 185 Å². The molecule has 0 saturated heterocycles. The van der Waals surface area contributed by atoms with E-state index in [1.807, 2.05) is 51.1 Å². The molecule has 1 aromatic carbocycles. The Bertz CT molecular complexity index is 1280. The lowest BCUT2D eigenvalue weighted by molar-refractivity contribution is -0.117. The number of benzene rings is 1. The summed E-state index contributed by atoms with van der Waals surface area (Å²) in [5.41, 5.74) is 2.50. The standard InChI is InChI=1S/C24H24N4O4/c1-15-10-16(2)12-19(11-15)32-23-20(13-18(14-25)22(29)26-7-9-31-4)24(30)28-8-5-6-17(3)21(28)27-23/h5-6,8,10-13H,7,9H2,1-4H3,(H,26,29)/b18-13+. The number of amides is 1. The quantitative estimate of drug-likeness (QED) is 0.349. The van der Waals surface area contributed by atoms with Gasteiger partial charge in [-0.05, 0) is 61.7 Å². The lowest BCUT2D eigenvalue weighted by Gasteiger charge is -2.12. The summed E-state index contributed by atoms with van der Waals surface area (Å²) in [7, 11) is 1.51. The van der Waals surface area contributed by atoms with Gasteiger partial charge in [0.05, 0.1) is 6.61 Å². The number of fused-ring (bicyclic) bond motifs is 1. The maximum Gasteiger partial charge on any atom is 0.269 e. The van der Waals surface area contributed by atoms with E-state index in [-0.39, 0.29) is 23.6 Å². The minimum absolute atomic E-state index is 0.00528. The minimum atomic E-state index is -0.615. The number of ether oxygens (including phenoxy) is 2. The molecule has 0 fully saturated rings. The second-order valence-corrected chi connectivity index (χ2v) is 7.36. The molecule has 164 valence electrons. The predicted molar refractivity (Wildman–Crippen MR) is 121 cm³/mol. The van der Waals surface area contributed by atoms with E-state index in [1.165, 1.54) is 17.6 Å². The predicted octanol–water partition coefficient (Wildman–Crippen LogP) is 3.08. The fraction of sp³-hybridized carbons (Fsp3) is 0.250. The summed E-state index contributed by atoms with van der Waals surface area (Å²) in [5.74, 6) is -0.0904. The largest absolute Gasteiger partial charge is 0.438 e. The molecule has 8 heteroatoms. The van der Waals surface area contributed by atoms with Gasteiger partial charge in [-0.1, -0.05) is 12.1 Å². The topological polar surface area (TPSA) is 106 Å².